The summed E-state index contributed by atoms with van der Waals surface area (Å²) in [6, 6.07) is 55.1. The number of hydrogen-bond acceptors (Lipinski definition) is 1. The highest BCUT2D eigenvalue weighted by Gasteiger charge is 2.30. The van der Waals surface area contributed by atoms with Crippen molar-refractivity contribution in [2.45, 2.75) is 55.4 Å². The van der Waals surface area contributed by atoms with Gasteiger partial charge in [0.05, 0.1) is 39.0 Å². The van der Waals surface area contributed by atoms with Crippen molar-refractivity contribution < 1.29 is 22.0 Å². The van der Waals surface area contributed by atoms with Crippen molar-refractivity contribution in [3.63, 3.8) is 0 Å². The van der Waals surface area contributed by atoms with Crippen LogP contribution in [0.3, 0.4) is 0 Å². The topological polar surface area (TPSA) is 33.6 Å². The first-order valence-corrected chi connectivity index (χ1v) is 25.5. The van der Waals surface area contributed by atoms with E-state index >= 15 is 17.6 Å². The molecule has 0 fully saturated rings. The fourth-order valence-corrected chi connectivity index (χ4v) is 11.9. The van der Waals surface area contributed by atoms with Crippen molar-refractivity contribution in [2.75, 3.05) is 0 Å². The summed E-state index contributed by atoms with van der Waals surface area (Å²) in [5, 5.41) is 15.2. The molecule has 2 heterocycles. The monoisotopic (exact) mass is 1020 g/mol. The first-order valence-electron chi connectivity index (χ1n) is 25.5. The lowest BCUT2D eigenvalue weighted by molar-refractivity contribution is 0.381. The summed E-state index contributed by atoms with van der Waals surface area (Å²) in [5.74, 6) is -10.4. The Bertz CT molecular complexity index is 3990. The summed E-state index contributed by atoms with van der Waals surface area (Å²) in [4.78, 5) is 0. The minimum atomic E-state index is -2.27. The second-order valence-electron chi connectivity index (χ2n) is 21.1. The molecule has 0 saturated heterocycles. The zero-order valence-corrected chi connectivity index (χ0v) is 43.7. The maximum Gasteiger partial charge on any atom is 0.200 e. The number of aryl methyl sites for hydroxylation is 8. The largest absolute Gasteiger partial charge is 0.308 e. The quantitative estimate of drug-likeness (QED) is 0.0890. The summed E-state index contributed by atoms with van der Waals surface area (Å²) in [7, 11) is 0. The Morgan fingerprint density at radius 2 is 0.532 bits per heavy atom. The van der Waals surface area contributed by atoms with Gasteiger partial charge in [0, 0.05) is 21.5 Å². The molecule has 0 saturated carbocycles. The van der Waals surface area contributed by atoms with Gasteiger partial charge < -0.3 is 9.13 Å². The van der Waals surface area contributed by atoms with Crippen LogP contribution in [0.15, 0.2) is 158 Å². The number of nitriles is 1. The van der Waals surface area contributed by atoms with E-state index in [9.17, 15) is 9.65 Å². The molecule has 12 aromatic rings. The third kappa shape index (κ3) is 8.25. The fourth-order valence-electron chi connectivity index (χ4n) is 11.9. The van der Waals surface area contributed by atoms with Gasteiger partial charge in [0.1, 0.15) is 11.6 Å². The van der Waals surface area contributed by atoms with Crippen molar-refractivity contribution >= 4 is 43.6 Å². The molecule has 2 aromatic heterocycles. The van der Waals surface area contributed by atoms with Gasteiger partial charge >= 0.3 is 0 Å². The number of hydrogen-bond donors (Lipinski definition) is 0. The van der Waals surface area contributed by atoms with Gasteiger partial charge in [-0.2, -0.15) is 5.26 Å². The molecular weight excluding hydrogens is 966 g/mol. The van der Waals surface area contributed by atoms with E-state index in [1.54, 1.807) is 0 Å². The molecule has 0 aliphatic rings. The average molecular weight is 1020 g/mol. The van der Waals surface area contributed by atoms with Crippen molar-refractivity contribution in [1.29, 1.82) is 5.26 Å². The summed E-state index contributed by atoms with van der Waals surface area (Å²) in [6.45, 7) is 16.3. The second kappa shape index (κ2) is 18.4. The first-order chi connectivity index (χ1) is 36.9. The van der Waals surface area contributed by atoms with Gasteiger partial charge in [-0.25, -0.2) is 22.0 Å². The fraction of sp³-hybridized carbons (Fsp3) is 0.116. The number of fused-ring (bicyclic) bond motifs is 6. The van der Waals surface area contributed by atoms with Crippen molar-refractivity contribution in [3.8, 4) is 73.1 Å². The number of rotatable bonds is 7. The normalized spacial score (nSPS) is 11.7. The smallest absolute Gasteiger partial charge is 0.200 e. The van der Waals surface area contributed by atoms with Crippen LogP contribution in [0.2, 0.25) is 0 Å². The van der Waals surface area contributed by atoms with E-state index in [2.05, 4.69) is 103 Å². The van der Waals surface area contributed by atoms with Crippen LogP contribution in [0.25, 0.3) is 111 Å². The highest BCUT2D eigenvalue weighted by molar-refractivity contribution is 6.13. The summed E-state index contributed by atoms with van der Waals surface area (Å²) in [6.07, 6.45) is 0. The van der Waals surface area contributed by atoms with Crippen LogP contribution < -0.4 is 0 Å². The Kier molecular flexibility index (Phi) is 11.6. The highest BCUT2D eigenvalue weighted by Crippen LogP contribution is 2.45. The molecule has 0 amide bonds. The van der Waals surface area contributed by atoms with E-state index in [1.807, 2.05) is 113 Å². The van der Waals surface area contributed by atoms with Gasteiger partial charge in [-0.1, -0.05) is 166 Å². The van der Waals surface area contributed by atoms with Gasteiger partial charge in [0.2, 0.25) is 5.82 Å². The summed E-state index contributed by atoms with van der Waals surface area (Å²) < 4.78 is 83.5. The van der Waals surface area contributed by atoms with Gasteiger partial charge in [-0.3, -0.25) is 0 Å². The molecule has 10 aromatic carbocycles. The number of benzene rings is 10. The van der Waals surface area contributed by atoms with Crippen molar-refractivity contribution in [3.05, 3.63) is 237 Å². The predicted molar refractivity (Wildman–Crippen MR) is 305 cm³/mol. The molecular formula is C69H50F5N3. The lowest BCUT2D eigenvalue weighted by Crippen LogP contribution is -2.08. The molecule has 0 unspecified atom stereocenters. The van der Waals surface area contributed by atoms with Crippen LogP contribution in [-0.4, -0.2) is 9.13 Å². The third-order valence-corrected chi connectivity index (χ3v) is 14.9. The van der Waals surface area contributed by atoms with Crippen molar-refractivity contribution in [2.24, 2.45) is 0 Å². The van der Waals surface area contributed by atoms with E-state index in [0.29, 0.717) is 22.1 Å². The van der Waals surface area contributed by atoms with Crippen LogP contribution in [0, 0.1) is 95.8 Å². The molecule has 8 heteroatoms. The van der Waals surface area contributed by atoms with Gasteiger partial charge in [-0.05, 0) is 142 Å². The minimum Gasteiger partial charge on any atom is -0.308 e. The molecule has 3 nitrogen and oxygen atoms in total. The Morgan fingerprint density at radius 1 is 0.286 bits per heavy atom. The lowest BCUT2D eigenvalue weighted by atomic mass is 9.97. The predicted octanol–water partition coefficient (Wildman–Crippen LogP) is 19.3. The number of aromatic nitrogens is 2. The summed E-state index contributed by atoms with van der Waals surface area (Å²) in [5.41, 5.74) is 17.5. The molecule has 0 aliphatic heterocycles. The molecule has 0 atom stereocenters. The average Bonchev–Trinajstić information content (AvgIpc) is 3.98. The van der Waals surface area contributed by atoms with Crippen LogP contribution in [0.5, 0.6) is 0 Å². The maximum absolute atomic E-state index is 16.7. The molecule has 77 heavy (non-hydrogen) atoms. The molecule has 0 aliphatic carbocycles. The van der Waals surface area contributed by atoms with Crippen LogP contribution in [0.1, 0.15) is 50.1 Å². The van der Waals surface area contributed by atoms with Gasteiger partial charge in [-0.15, -0.1) is 0 Å². The SMILES string of the molecule is Cc1cc(C)cc(-c2ccc3c4ccc(-c5cc(C)cc(C)c5)cc4n(-c4cc(-c5c(F)c(F)c(F)c(F)c5F)cc(-n5c6cc(-c7cc(C)cc(C)c7)ccc6c6ccc(-c7cc(C)cc(C)c7)cc65)c4C#N)c3c2)c1. The van der Waals surface area contributed by atoms with Gasteiger partial charge in [0.15, 0.2) is 23.3 Å². The Morgan fingerprint density at radius 3 is 0.779 bits per heavy atom. The first kappa shape index (κ1) is 48.9. The van der Waals surface area contributed by atoms with Crippen LogP contribution in [0.4, 0.5) is 22.0 Å². The zero-order valence-electron chi connectivity index (χ0n) is 43.7. The number of nitrogens with zero attached hydrogens (tertiary/aromatic N) is 3. The Balaban J connectivity index is 1.27. The molecule has 0 spiro atoms. The molecule has 0 N–H and O–H groups in total. The molecule has 0 bridgehead atoms. The molecule has 12 rings (SSSR count). The van der Waals surface area contributed by atoms with E-state index in [0.717, 1.165) is 111 Å². The van der Waals surface area contributed by atoms with E-state index in [1.165, 1.54) is 12.1 Å². The summed E-state index contributed by atoms with van der Waals surface area (Å²) >= 11 is 0. The Hall–Kier alpha value is -9.06. The highest BCUT2D eigenvalue weighted by atomic mass is 19.2. The van der Waals surface area contributed by atoms with Crippen LogP contribution in [-0.2, 0) is 0 Å². The van der Waals surface area contributed by atoms with E-state index < -0.39 is 34.6 Å². The standard InChI is InChI=1S/C69H50F5N3/c1-36-17-37(2)22-48(21-36)44-9-13-53-54-14-10-45(49-23-38(3)18-39(4)24-49)30-59(54)76(58(53)29-44)62-33-52(64-65(70)67(72)69(74)68(73)66(64)71)34-63(57(62)35-75)77-60-31-46(50-25-40(5)19-41(6)26-50)11-15-55(60)56-16-12-47(32-61(56)77)51-27-42(7)20-43(8)28-51/h9-34H,1-8H3. The van der Waals surface area contributed by atoms with Gasteiger partial charge in [0.25, 0.3) is 0 Å². The molecule has 376 valence electrons. The molecule has 0 radical (unpaired) electrons. The lowest BCUT2D eigenvalue weighted by Gasteiger charge is -2.20. The number of halogens is 5. The third-order valence-electron chi connectivity index (χ3n) is 14.9. The second-order valence-corrected chi connectivity index (χ2v) is 21.1. The Labute approximate surface area is 443 Å². The minimum absolute atomic E-state index is 0.0948. The van der Waals surface area contributed by atoms with Crippen molar-refractivity contribution in [1.82, 2.24) is 9.13 Å². The van der Waals surface area contributed by atoms with Crippen LogP contribution >= 0.6 is 0 Å². The zero-order chi connectivity index (χ0) is 53.9. The maximum atomic E-state index is 16.7. The van der Waals surface area contributed by atoms with E-state index in [4.69, 9.17) is 0 Å². The van der Waals surface area contributed by atoms with E-state index in [-0.39, 0.29) is 22.5 Å².